The zero-order valence-corrected chi connectivity index (χ0v) is 12.8. The number of carbonyl (C=O) groups excluding carboxylic acids is 2. The lowest BCUT2D eigenvalue weighted by Gasteiger charge is -2.36. The molecule has 0 radical (unpaired) electrons. The van der Waals surface area contributed by atoms with Gasteiger partial charge in [-0.3, -0.25) is 4.79 Å². The highest BCUT2D eigenvalue weighted by Crippen LogP contribution is 2.39. The number of hydrogen-bond donors (Lipinski definition) is 1. The fourth-order valence-corrected chi connectivity index (χ4v) is 2.79. The molecule has 1 aliphatic rings. The quantitative estimate of drug-likeness (QED) is 0.801. The number of hydrogen-bond acceptors (Lipinski definition) is 3. The van der Waals surface area contributed by atoms with E-state index in [0.29, 0.717) is 11.3 Å². The zero-order valence-electron chi connectivity index (χ0n) is 12.8. The van der Waals surface area contributed by atoms with Crippen LogP contribution in [0.1, 0.15) is 53.4 Å². The van der Waals surface area contributed by atoms with E-state index in [-0.39, 0.29) is 11.8 Å². The van der Waals surface area contributed by atoms with Crippen molar-refractivity contribution < 1.29 is 14.3 Å². The molecule has 1 N–H and O–H groups in total. The van der Waals surface area contributed by atoms with Crippen molar-refractivity contribution in [2.75, 3.05) is 7.11 Å². The van der Waals surface area contributed by atoms with E-state index in [1.165, 1.54) is 7.11 Å². The molecule has 0 aliphatic heterocycles. The topological polar surface area (TPSA) is 55.4 Å². The van der Waals surface area contributed by atoms with E-state index in [2.05, 4.69) is 30.8 Å². The van der Waals surface area contributed by atoms with Gasteiger partial charge in [-0.25, -0.2) is 4.79 Å². The van der Waals surface area contributed by atoms with Crippen molar-refractivity contribution in [2.45, 2.75) is 59.4 Å². The van der Waals surface area contributed by atoms with Crippen LogP contribution < -0.4 is 5.32 Å². The minimum Gasteiger partial charge on any atom is -0.467 e. The van der Waals surface area contributed by atoms with Gasteiger partial charge in [0.1, 0.15) is 6.04 Å². The van der Waals surface area contributed by atoms with Crippen LogP contribution in [0.25, 0.3) is 0 Å². The molecule has 0 aromatic rings. The summed E-state index contributed by atoms with van der Waals surface area (Å²) in [6.07, 6.45) is 4.02. The van der Waals surface area contributed by atoms with Crippen LogP contribution in [0.4, 0.5) is 0 Å². The maximum Gasteiger partial charge on any atom is 0.328 e. The summed E-state index contributed by atoms with van der Waals surface area (Å²) in [4.78, 5) is 23.3. The van der Waals surface area contributed by atoms with E-state index in [4.69, 9.17) is 0 Å². The maximum atomic E-state index is 12.1. The highest BCUT2D eigenvalue weighted by molar-refractivity contribution is 5.85. The lowest BCUT2D eigenvalue weighted by molar-refractivity contribution is -0.145. The lowest BCUT2D eigenvalue weighted by atomic mass is 9.69. The first-order valence-electron chi connectivity index (χ1n) is 7.14. The van der Waals surface area contributed by atoms with Crippen molar-refractivity contribution in [3.63, 3.8) is 0 Å². The summed E-state index contributed by atoms with van der Waals surface area (Å²) in [5.74, 6) is 0.335. The first kappa shape index (κ1) is 16.0. The smallest absolute Gasteiger partial charge is 0.328 e. The number of carbonyl (C=O) groups is 2. The molecule has 1 saturated carbocycles. The molecule has 0 spiro atoms. The van der Waals surface area contributed by atoms with Gasteiger partial charge in [0.2, 0.25) is 5.91 Å². The van der Waals surface area contributed by atoms with Crippen molar-refractivity contribution in [1.29, 1.82) is 0 Å². The molecule has 0 aromatic heterocycles. The fraction of sp³-hybridized carbons (Fsp3) is 0.867. The molecule has 19 heavy (non-hydrogen) atoms. The van der Waals surface area contributed by atoms with E-state index in [1.54, 1.807) is 6.92 Å². The zero-order chi connectivity index (χ0) is 14.6. The number of nitrogens with one attached hydrogen (secondary N) is 1. The Morgan fingerprint density at radius 1 is 1.16 bits per heavy atom. The third-order valence-corrected chi connectivity index (χ3v) is 4.24. The normalized spacial score (nSPS) is 25.5. The number of rotatable bonds is 3. The van der Waals surface area contributed by atoms with Gasteiger partial charge in [0.05, 0.1) is 7.11 Å². The lowest BCUT2D eigenvalue weighted by Crippen LogP contribution is -2.43. The molecule has 1 atom stereocenters. The van der Waals surface area contributed by atoms with Crippen LogP contribution in [-0.4, -0.2) is 25.0 Å². The molecule has 1 aliphatic carbocycles. The van der Waals surface area contributed by atoms with E-state index in [1.807, 2.05) is 0 Å². The SMILES string of the molecule is COC(=O)[C@@H](C)NC(=O)C1CCC(C(C)(C)C)CC1. The third kappa shape index (κ3) is 4.51. The van der Waals surface area contributed by atoms with Crippen molar-refractivity contribution in [3.05, 3.63) is 0 Å². The summed E-state index contributed by atoms with van der Waals surface area (Å²) in [7, 11) is 1.33. The third-order valence-electron chi connectivity index (χ3n) is 4.24. The number of ether oxygens (including phenoxy) is 1. The summed E-state index contributed by atoms with van der Waals surface area (Å²) >= 11 is 0. The van der Waals surface area contributed by atoms with E-state index >= 15 is 0 Å². The summed E-state index contributed by atoms with van der Waals surface area (Å²) in [5, 5.41) is 2.74. The Hall–Kier alpha value is -1.06. The highest BCUT2D eigenvalue weighted by atomic mass is 16.5. The van der Waals surface area contributed by atoms with E-state index in [0.717, 1.165) is 25.7 Å². The Labute approximate surface area is 116 Å². The van der Waals surface area contributed by atoms with Crippen LogP contribution in [0.5, 0.6) is 0 Å². The molecule has 1 fully saturated rings. The Bertz CT molecular complexity index is 325. The average Bonchev–Trinajstić information content (AvgIpc) is 2.36. The molecular formula is C15H27NO3. The molecule has 4 nitrogen and oxygen atoms in total. The van der Waals surface area contributed by atoms with E-state index in [9.17, 15) is 9.59 Å². The van der Waals surface area contributed by atoms with Crippen molar-refractivity contribution >= 4 is 11.9 Å². The second-order valence-electron chi connectivity index (χ2n) is 6.67. The van der Waals surface area contributed by atoms with Gasteiger partial charge in [-0.15, -0.1) is 0 Å². The van der Waals surface area contributed by atoms with Crippen molar-refractivity contribution in [3.8, 4) is 0 Å². The second kappa shape index (κ2) is 6.40. The van der Waals surface area contributed by atoms with Crippen LogP contribution in [0.2, 0.25) is 0 Å². The van der Waals surface area contributed by atoms with Crippen molar-refractivity contribution in [2.24, 2.45) is 17.3 Å². The van der Waals surface area contributed by atoms with Gasteiger partial charge in [-0.2, -0.15) is 0 Å². The van der Waals surface area contributed by atoms with Crippen LogP contribution >= 0.6 is 0 Å². The molecule has 1 rings (SSSR count). The van der Waals surface area contributed by atoms with Crippen LogP contribution in [0.15, 0.2) is 0 Å². The largest absolute Gasteiger partial charge is 0.467 e. The molecule has 0 aromatic carbocycles. The second-order valence-corrected chi connectivity index (χ2v) is 6.67. The van der Waals surface area contributed by atoms with Gasteiger partial charge in [-0.1, -0.05) is 20.8 Å². The number of methoxy groups -OCH3 is 1. The number of amides is 1. The molecule has 110 valence electrons. The molecule has 0 bridgehead atoms. The van der Waals surface area contributed by atoms with Gasteiger partial charge in [0.25, 0.3) is 0 Å². The van der Waals surface area contributed by atoms with E-state index < -0.39 is 12.0 Å². The number of esters is 1. The molecule has 1 amide bonds. The predicted molar refractivity (Wildman–Crippen MR) is 74.5 cm³/mol. The minimum absolute atomic E-state index is 0.00902. The average molecular weight is 269 g/mol. The molecular weight excluding hydrogens is 242 g/mol. The van der Waals surface area contributed by atoms with Gasteiger partial charge < -0.3 is 10.1 Å². The van der Waals surface area contributed by atoms with Crippen LogP contribution in [0, 0.1) is 17.3 Å². The first-order chi connectivity index (χ1) is 8.75. The van der Waals surface area contributed by atoms with Crippen LogP contribution in [-0.2, 0) is 14.3 Å². The van der Waals surface area contributed by atoms with Gasteiger partial charge in [-0.05, 0) is 43.9 Å². The van der Waals surface area contributed by atoms with Gasteiger partial charge in [0.15, 0.2) is 0 Å². The molecule has 0 saturated heterocycles. The molecule has 0 heterocycles. The minimum atomic E-state index is -0.558. The summed E-state index contributed by atoms with van der Waals surface area (Å²) in [5.41, 5.74) is 0.320. The summed E-state index contributed by atoms with van der Waals surface area (Å²) < 4.78 is 4.61. The summed E-state index contributed by atoms with van der Waals surface area (Å²) in [6.45, 7) is 8.44. The predicted octanol–water partition coefficient (Wildman–Crippen LogP) is 2.52. The summed E-state index contributed by atoms with van der Waals surface area (Å²) in [6, 6.07) is -0.558. The Morgan fingerprint density at radius 3 is 2.11 bits per heavy atom. The fourth-order valence-electron chi connectivity index (χ4n) is 2.79. The molecule has 0 unspecified atom stereocenters. The standard InChI is InChI=1S/C15H27NO3/c1-10(14(18)19-5)16-13(17)11-6-8-12(9-7-11)15(2,3)4/h10-12H,6-9H2,1-5H3,(H,16,17)/t10-,11?,12?/m1/s1. The Morgan fingerprint density at radius 2 is 1.68 bits per heavy atom. The highest BCUT2D eigenvalue weighted by Gasteiger charge is 2.33. The Kier molecular flexibility index (Phi) is 5.39. The van der Waals surface area contributed by atoms with Crippen molar-refractivity contribution in [1.82, 2.24) is 5.32 Å². The van der Waals surface area contributed by atoms with Gasteiger partial charge in [0, 0.05) is 5.92 Å². The molecule has 4 heteroatoms. The monoisotopic (exact) mass is 269 g/mol. The van der Waals surface area contributed by atoms with Gasteiger partial charge >= 0.3 is 5.97 Å². The van der Waals surface area contributed by atoms with Crippen LogP contribution in [0.3, 0.4) is 0 Å². The maximum absolute atomic E-state index is 12.1. The first-order valence-corrected chi connectivity index (χ1v) is 7.14. The Balaban J connectivity index is 2.43.